The lowest BCUT2D eigenvalue weighted by molar-refractivity contribution is -0.143. The highest BCUT2D eigenvalue weighted by Crippen LogP contribution is 1.90. The average molecular weight is 216 g/mol. The molecule has 3 heteroatoms. The molecule has 15 heavy (non-hydrogen) atoms. The highest BCUT2D eigenvalue weighted by molar-refractivity contribution is 5.77. The van der Waals surface area contributed by atoms with Crippen molar-refractivity contribution in [3.05, 3.63) is 0 Å². The van der Waals surface area contributed by atoms with Crippen LogP contribution in [-0.2, 0) is 14.3 Å². The monoisotopic (exact) mass is 216 g/mol. The van der Waals surface area contributed by atoms with Crippen LogP contribution in [0.15, 0.2) is 0 Å². The van der Waals surface area contributed by atoms with Gasteiger partial charge in [-0.1, -0.05) is 27.7 Å². The lowest BCUT2D eigenvalue weighted by Crippen LogP contribution is -2.02. The molecule has 0 spiro atoms. The van der Waals surface area contributed by atoms with E-state index in [0.717, 1.165) is 19.3 Å². The molecule has 0 aromatic rings. The van der Waals surface area contributed by atoms with Crippen LogP contribution in [0.3, 0.4) is 0 Å². The third kappa shape index (κ3) is 15.9. The molecule has 0 atom stereocenters. The van der Waals surface area contributed by atoms with E-state index in [1.165, 1.54) is 0 Å². The summed E-state index contributed by atoms with van der Waals surface area (Å²) < 4.78 is 4.70. The van der Waals surface area contributed by atoms with Crippen molar-refractivity contribution in [3.8, 4) is 0 Å². The Morgan fingerprint density at radius 1 is 0.933 bits per heavy atom. The quantitative estimate of drug-likeness (QED) is 0.641. The molecule has 0 rings (SSSR count). The van der Waals surface area contributed by atoms with E-state index in [2.05, 4.69) is 0 Å². The summed E-state index contributed by atoms with van der Waals surface area (Å²) in [6.07, 6.45) is 3.85. The van der Waals surface area contributed by atoms with Gasteiger partial charge in [-0.05, 0) is 12.8 Å². The molecular weight excluding hydrogens is 192 g/mol. The fourth-order valence-corrected chi connectivity index (χ4v) is 0.774. The van der Waals surface area contributed by atoms with Crippen molar-refractivity contribution in [1.29, 1.82) is 0 Å². The summed E-state index contributed by atoms with van der Waals surface area (Å²) >= 11 is 0. The zero-order valence-electron chi connectivity index (χ0n) is 10.5. The second-order valence-electron chi connectivity index (χ2n) is 3.22. The van der Waals surface area contributed by atoms with Gasteiger partial charge >= 0.3 is 5.97 Å². The van der Waals surface area contributed by atoms with Gasteiger partial charge in [0.2, 0.25) is 0 Å². The number of ether oxygens (including phenoxy) is 1. The van der Waals surface area contributed by atoms with E-state index in [9.17, 15) is 9.59 Å². The Balaban J connectivity index is 0. The Kier molecular flexibility index (Phi) is 14.5. The molecule has 0 aliphatic carbocycles. The second-order valence-corrected chi connectivity index (χ2v) is 3.22. The van der Waals surface area contributed by atoms with E-state index in [1.807, 2.05) is 20.8 Å². The van der Waals surface area contributed by atoms with Crippen LogP contribution in [0.1, 0.15) is 59.8 Å². The Hall–Kier alpha value is -0.860. The van der Waals surface area contributed by atoms with Gasteiger partial charge in [0.05, 0.1) is 6.61 Å². The van der Waals surface area contributed by atoms with Gasteiger partial charge in [-0.3, -0.25) is 9.59 Å². The molecule has 0 aliphatic rings. The summed E-state index contributed by atoms with van der Waals surface area (Å²) in [6, 6.07) is 0. The maximum absolute atomic E-state index is 10.4. The van der Waals surface area contributed by atoms with Crippen molar-refractivity contribution in [3.63, 3.8) is 0 Å². The molecule has 90 valence electrons. The van der Waals surface area contributed by atoms with Crippen LogP contribution in [0, 0.1) is 0 Å². The highest BCUT2D eigenvalue weighted by atomic mass is 16.5. The molecule has 0 amide bonds. The number of carbonyl (C=O) groups excluding carboxylic acids is 2. The Morgan fingerprint density at radius 2 is 1.53 bits per heavy atom. The molecule has 0 aromatic heterocycles. The zero-order chi connectivity index (χ0) is 12.1. The van der Waals surface area contributed by atoms with Gasteiger partial charge in [-0.2, -0.15) is 0 Å². The average Bonchev–Trinajstić information content (AvgIpc) is 2.26. The molecule has 0 radical (unpaired) electrons. The number of hydrogen-bond donors (Lipinski definition) is 0. The summed E-state index contributed by atoms with van der Waals surface area (Å²) in [6.45, 7) is 8.25. The van der Waals surface area contributed by atoms with Gasteiger partial charge in [0.15, 0.2) is 0 Å². The number of ketones is 1. The van der Waals surface area contributed by atoms with Crippen molar-refractivity contribution in [2.24, 2.45) is 0 Å². The van der Waals surface area contributed by atoms with Crippen molar-refractivity contribution in [2.75, 3.05) is 6.61 Å². The van der Waals surface area contributed by atoms with Crippen molar-refractivity contribution >= 4 is 11.8 Å². The van der Waals surface area contributed by atoms with Crippen LogP contribution in [-0.4, -0.2) is 18.4 Å². The first-order valence-corrected chi connectivity index (χ1v) is 5.79. The van der Waals surface area contributed by atoms with Crippen LogP contribution in [0.2, 0.25) is 0 Å². The minimum atomic E-state index is -0.105. The molecule has 0 aromatic carbocycles. The third-order valence-electron chi connectivity index (χ3n) is 1.68. The molecule has 0 saturated heterocycles. The van der Waals surface area contributed by atoms with E-state index < -0.39 is 0 Å². The van der Waals surface area contributed by atoms with E-state index in [4.69, 9.17) is 4.74 Å². The van der Waals surface area contributed by atoms with E-state index in [-0.39, 0.29) is 5.97 Å². The Labute approximate surface area is 93.2 Å². The number of hydrogen-bond acceptors (Lipinski definition) is 3. The predicted molar refractivity (Wildman–Crippen MR) is 61.7 cm³/mol. The Morgan fingerprint density at radius 3 is 1.80 bits per heavy atom. The van der Waals surface area contributed by atoms with Crippen molar-refractivity contribution in [2.45, 2.75) is 59.8 Å². The first-order chi connectivity index (χ1) is 7.12. The maximum Gasteiger partial charge on any atom is 0.305 e. The number of Topliss-reactive ketones (excluding diaryl/α,β-unsaturated/α-hetero) is 1. The molecule has 0 unspecified atom stereocenters. The molecule has 0 fully saturated rings. The van der Waals surface area contributed by atoms with Crippen LogP contribution >= 0.6 is 0 Å². The van der Waals surface area contributed by atoms with Gasteiger partial charge in [0.1, 0.15) is 5.78 Å². The predicted octanol–water partition coefficient (Wildman–Crippen LogP) is 3.12. The first kappa shape index (κ1) is 16.6. The SMILES string of the molecule is CCCC(=O)CC.CCCOC(=O)CC. The zero-order valence-corrected chi connectivity index (χ0v) is 10.5. The van der Waals surface area contributed by atoms with Gasteiger partial charge < -0.3 is 4.74 Å². The van der Waals surface area contributed by atoms with Gasteiger partial charge in [-0.25, -0.2) is 0 Å². The summed E-state index contributed by atoms with van der Waals surface area (Å²) in [5.41, 5.74) is 0. The minimum absolute atomic E-state index is 0.105. The van der Waals surface area contributed by atoms with Crippen LogP contribution in [0.5, 0.6) is 0 Å². The molecule has 0 aliphatic heterocycles. The van der Waals surface area contributed by atoms with Crippen LogP contribution < -0.4 is 0 Å². The molecule has 0 saturated carbocycles. The molecule has 0 N–H and O–H groups in total. The third-order valence-corrected chi connectivity index (χ3v) is 1.68. The number of esters is 1. The summed E-state index contributed by atoms with van der Waals surface area (Å²) in [5, 5.41) is 0. The largest absolute Gasteiger partial charge is 0.466 e. The van der Waals surface area contributed by atoms with Gasteiger partial charge in [0, 0.05) is 19.3 Å². The second kappa shape index (κ2) is 13.1. The van der Waals surface area contributed by atoms with Gasteiger partial charge in [0.25, 0.3) is 0 Å². The van der Waals surface area contributed by atoms with Crippen LogP contribution in [0.25, 0.3) is 0 Å². The van der Waals surface area contributed by atoms with Crippen molar-refractivity contribution < 1.29 is 14.3 Å². The standard InChI is InChI=1S/C6H12O2.C6H12O/c1-3-5-8-6(7)4-2;1-3-5-6(7)4-2/h3-5H2,1-2H3;3-5H2,1-2H3. The lowest BCUT2D eigenvalue weighted by Gasteiger charge is -1.97. The summed E-state index contributed by atoms with van der Waals surface area (Å²) in [4.78, 5) is 20.8. The number of rotatable bonds is 6. The van der Waals surface area contributed by atoms with E-state index in [0.29, 0.717) is 25.2 Å². The summed E-state index contributed by atoms with van der Waals surface area (Å²) in [7, 11) is 0. The molecule has 0 heterocycles. The summed E-state index contributed by atoms with van der Waals surface area (Å²) in [5.74, 6) is 0.273. The molecular formula is C12H24O3. The lowest BCUT2D eigenvalue weighted by atomic mass is 10.2. The fraction of sp³-hybridized carbons (Fsp3) is 0.833. The molecule has 0 bridgehead atoms. The van der Waals surface area contributed by atoms with Crippen molar-refractivity contribution in [1.82, 2.24) is 0 Å². The normalized spacial score (nSPS) is 8.80. The van der Waals surface area contributed by atoms with E-state index >= 15 is 0 Å². The minimum Gasteiger partial charge on any atom is -0.466 e. The highest BCUT2D eigenvalue weighted by Gasteiger charge is 1.93. The molecule has 3 nitrogen and oxygen atoms in total. The Bertz CT molecular complexity index is 164. The number of carbonyl (C=O) groups is 2. The maximum atomic E-state index is 10.4. The smallest absolute Gasteiger partial charge is 0.305 e. The fourth-order valence-electron chi connectivity index (χ4n) is 0.774. The first-order valence-electron chi connectivity index (χ1n) is 5.79. The van der Waals surface area contributed by atoms with Crippen LogP contribution in [0.4, 0.5) is 0 Å². The van der Waals surface area contributed by atoms with E-state index in [1.54, 1.807) is 6.92 Å². The topological polar surface area (TPSA) is 43.4 Å². The van der Waals surface area contributed by atoms with Gasteiger partial charge in [-0.15, -0.1) is 0 Å².